The number of hydrogen-bond acceptors (Lipinski definition) is 4. The molecule has 2 aromatic rings. The number of aromatic amines is 2. The molecule has 2 rings (SSSR count). The van der Waals surface area contributed by atoms with Crippen LogP contribution in [0.2, 0.25) is 0 Å². The highest BCUT2D eigenvalue weighted by Crippen LogP contribution is 2.09. The zero-order valence-corrected chi connectivity index (χ0v) is 8.64. The van der Waals surface area contributed by atoms with Crippen LogP contribution in [0.3, 0.4) is 0 Å². The molecular weight excluding hydrogens is 226 g/mol. The van der Waals surface area contributed by atoms with Crippen LogP contribution in [-0.4, -0.2) is 26.0 Å². The maximum atomic E-state index is 11.6. The Kier molecular flexibility index (Phi) is 2.86. The lowest BCUT2D eigenvalue weighted by atomic mass is 10.3. The van der Waals surface area contributed by atoms with E-state index in [-0.39, 0.29) is 11.5 Å². The second-order valence-corrected chi connectivity index (χ2v) is 3.30. The second kappa shape index (κ2) is 4.47. The number of aromatic nitrogens is 3. The number of nitro groups is 1. The predicted octanol–water partition coefficient (Wildman–Crippen LogP) is 0.576. The Morgan fingerprint density at radius 2 is 2.35 bits per heavy atom. The fourth-order valence-electron chi connectivity index (χ4n) is 1.27. The van der Waals surface area contributed by atoms with E-state index in [1.54, 1.807) is 12.4 Å². The first-order chi connectivity index (χ1) is 8.16. The van der Waals surface area contributed by atoms with Gasteiger partial charge in [0.15, 0.2) is 5.69 Å². The molecule has 0 spiro atoms. The van der Waals surface area contributed by atoms with Crippen LogP contribution >= 0.6 is 0 Å². The van der Waals surface area contributed by atoms with Crippen LogP contribution in [-0.2, 0) is 6.54 Å². The number of nitrogens with zero attached hydrogens (tertiary/aromatic N) is 2. The molecule has 88 valence electrons. The van der Waals surface area contributed by atoms with Crippen molar-refractivity contribution < 1.29 is 9.72 Å². The number of hydrogen-bond donors (Lipinski definition) is 3. The molecule has 0 aliphatic heterocycles. The third-order valence-corrected chi connectivity index (χ3v) is 2.12. The lowest BCUT2D eigenvalue weighted by Crippen LogP contribution is -2.22. The summed E-state index contributed by atoms with van der Waals surface area (Å²) in [7, 11) is 0. The first kappa shape index (κ1) is 10.9. The van der Waals surface area contributed by atoms with Gasteiger partial charge in [0.05, 0.1) is 6.20 Å². The van der Waals surface area contributed by atoms with E-state index < -0.39 is 10.8 Å². The van der Waals surface area contributed by atoms with Crippen LogP contribution in [0, 0.1) is 10.1 Å². The second-order valence-electron chi connectivity index (χ2n) is 3.30. The van der Waals surface area contributed by atoms with E-state index in [4.69, 9.17) is 0 Å². The van der Waals surface area contributed by atoms with Gasteiger partial charge < -0.3 is 15.4 Å². The third-order valence-electron chi connectivity index (χ3n) is 2.12. The number of rotatable bonds is 4. The van der Waals surface area contributed by atoms with Gasteiger partial charge in [-0.15, -0.1) is 0 Å². The number of H-pyrrole nitrogens is 2. The molecule has 0 fully saturated rings. The Hall–Kier alpha value is -2.64. The molecule has 8 heteroatoms. The predicted molar refractivity (Wildman–Crippen MR) is 57.2 cm³/mol. The summed E-state index contributed by atoms with van der Waals surface area (Å²) in [5.41, 5.74) is 0.972. The maximum absolute atomic E-state index is 11.6. The molecule has 1 amide bonds. The summed E-state index contributed by atoms with van der Waals surface area (Å²) in [5.74, 6) is -0.613. The molecule has 0 radical (unpaired) electrons. The number of nitrogens with one attached hydrogen (secondary N) is 3. The minimum absolute atomic E-state index is 0.153. The number of carbonyl (C=O) groups is 1. The lowest BCUT2D eigenvalue weighted by Gasteiger charge is -1.98. The van der Waals surface area contributed by atoms with Crippen molar-refractivity contribution >= 4 is 11.7 Å². The zero-order chi connectivity index (χ0) is 12.3. The molecule has 0 atom stereocenters. The molecule has 0 bridgehead atoms. The summed E-state index contributed by atoms with van der Waals surface area (Å²) < 4.78 is 0. The molecule has 17 heavy (non-hydrogen) atoms. The van der Waals surface area contributed by atoms with Gasteiger partial charge in [-0.3, -0.25) is 9.89 Å². The number of amides is 1. The van der Waals surface area contributed by atoms with E-state index >= 15 is 0 Å². The van der Waals surface area contributed by atoms with Gasteiger partial charge in [0, 0.05) is 24.4 Å². The molecule has 0 saturated heterocycles. The molecular formula is C9H9N5O3. The highest BCUT2D eigenvalue weighted by molar-refractivity contribution is 5.92. The molecule has 0 aromatic carbocycles. The Morgan fingerprint density at radius 3 is 2.94 bits per heavy atom. The lowest BCUT2D eigenvalue weighted by molar-refractivity contribution is -0.389. The average Bonchev–Trinajstić information content (AvgIpc) is 2.96. The van der Waals surface area contributed by atoms with Crippen LogP contribution in [0.5, 0.6) is 0 Å². The van der Waals surface area contributed by atoms with Crippen LogP contribution < -0.4 is 5.32 Å². The molecule has 3 N–H and O–H groups in total. The molecule has 0 unspecified atom stereocenters. The van der Waals surface area contributed by atoms with Crippen molar-refractivity contribution in [1.82, 2.24) is 20.5 Å². The molecule has 2 aromatic heterocycles. The van der Waals surface area contributed by atoms with Crippen molar-refractivity contribution in [2.45, 2.75) is 6.54 Å². The summed E-state index contributed by atoms with van der Waals surface area (Å²) in [4.78, 5) is 23.8. The van der Waals surface area contributed by atoms with E-state index in [0.717, 1.165) is 5.56 Å². The summed E-state index contributed by atoms with van der Waals surface area (Å²) in [6.07, 6.45) is 3.23. The Balaban J connectivity index is 1.97. The van der Waals surface area contributed by atoms with E-state index in [9.17, 15) is 14.9 Å². The van der Waals surface area contributed by atoms with Gasteiger partial charge in [-0.2, -0.15) is 5.10 Å². The number of carbonyl (C=O) groups excluding carboxylic acids is 1. The third kappa shape index (κ3) is 2.48. The normalized spacial score (nSPS) is 10.1. The van der Waals surface area contributed by atoms with Crippen molar-refractivity contribution in [3.63, 3.8) is 0 Å². The fraction of sp³-hybridized carbons (Fsp3) is 0.111. The minimum Gasteiger partial charge on any atom is -0.358 e. The van der Waals surface area contributed by atoms with Crippen molar-refractivity contribution in [1.29, 1.82) is 0 Å². The topological polar surface area (TPSA) is 117 Å². The van der Waals surface area contributed by atoms with Gasteiger partial charge in [-0.1, -0.05) is 0 Å². The zero-order valence-electron chi connectivity index (χ0n) is 8.64. The quantitative estimate of drug-likeness (QED) is 0.530. The van der Waals surface area contributed by atoms with E-state index in [1.165, 1.54) is 12.1 Å². The summed E-state index contributed by atoms with van der Waals surface area (Å²) in [6.45, 7) is 0.308. The van der Waals surface area contributed by atoms with Crippen LogP contribution in [0.4, 0.5) is 5.82 Å². The van der Waals surface area contributed by atoms with Gasteiger partial charge in [0.2, 0.25) is 0 Å². The van der Waals surface area contributed by atoms with Crippen LogP contribution in [0.1, 0.15) is 16.1 Å². The Bertz CT molecular complexity index is 531. The standard InChI is InChI=1S/C9H9N5O3/c15-9(10-3-6-4-11-12-5-6)7-1-2-8(13-7)14(16)17/h1-2,4-5,13H,3H2,(H,10,15)(H,11,12). The summed E-state index contributed by atoms with van der Waals surface area (Å²) >= 11 is 0. The van der Waals surface area contributed by atoms with Gasteiger partial charge >= 0.3 is 5.82 Å². The van der Waals surface area contributed by atoms with Gasteiger partial charge in [-0.25, -0.2) is 4.98 Å². The van der Waals surface area contributed by atoms with Crippen molar-refractivity contribution in [3.05, 3.63) is 45.9 Å². The highest BCUT2D eigenvalue weighted by Gasteiger charge is 2.14. The molecule has 0 saturated carbocycles. The average molecular weight is 235 g/mol. The fourth-order valence-corrected chi connectivity index (χ4v) is 1.27. The first-order valence-electron chi connectivity index (χ1n) is 4.76. The smallest absolute Gasteiger partial charge is 0.321 e. The molecule has 0 aliphatic rings. The van der Waals surface area contributed by atoms with Gasteiger partial charge in [0.25, 0.3) is 5.91 Å². The van der Waals surface area contributed by atoms with E-state index in [1.807, 2.05) is 0 Å². The molecule has 8 nitrogen and oxygen atoms in total. The van der Waals surface area contributed by atoms with Gasteiger partial charge in [0.1, 0.15) is 0 Å². The largest absolute Gasteiger partial charge is 0.358 e. The Labute approximate surface area is 95.2 Å². The maximum Gasteiger partial charge on any atom is 0.321 e. The summed E-state index contributed by atoms with van der Waals surface area (Å²) in [6, 6.07) is 2.61. The first-order valence-corrected chi connectivity index (χ1v) is 4.76. The van der Waals surface area contributed by atoms with Crippen molar-refractivity contribution in [2.75, 3.05) is 0 Å². The van der Waals surface area contributed by atoms with Crippen molar-refractivity contribution in [2.24, 2.45) is 0 Å². The van der Waals surface area contributed by atoms with Crippen LogP contribution in [0.25, 0.3) is 0 Å². The highest BCUT2D eigenvalue weighted by atomic mass is 16.6. The van der Waals surface area contributed by atoms with Crippen LogP contribution in [0.15, 0.2) is 24.5 Å². The summed E-state index contributed by atoms with van der Waals surface area (Å²) in [5, 5.41) is 19.4. The minimum atomic E-state index is -0.590. The molecule has 0 aliphatic carbocycles. The van der Waals surface area contributed by atoms with Crippen molar-refractivity contribution in [3.8, 4) is 0 Å². The van der Waals surface area contributed by atoms with E-state index in [2.05, 4.69) is 20.5 Å². The molecule has 2 heterocycles. The monoisotopic (exact) mass is 235 g/mol. The SMILES string of the molecule is O=C(NCc1cn[nH]c1)c1ccc([N+](=O)[O-])[nH]1. The Morgan fingerprint density at radius 1 is 1.53 bits per heavy atom. The van der Waals surface area contributed by atoms with Gasteiger partial charge in [-0.05, 0) is 11.0 Å². The van der Waals surface area contributed by atoms with E-state index in [0.29, 0.717) is 6.54 Å².